The summed E-state index contributed by atoms with van der Waals surface area (Å²) in [5.74, 6) is -1.03. The molecule has 2 rings (SSSR count). The second-order valence-electron chi connectivity index (χ2n) is 5.54. The molecule has 0 bridgehead atoms. The first-order valence-electron chi connectivity index (χ1n) is 7.14. The smallest absolute Gasteiger partial charge is 0.344 e. The molecule has 1 saturated carbocycles. The molecule has 4 nitrogen and oxygen atoms in total. The Morgan fingerprint density at radius 1 is 1.33 bits per heavy atom. The fraction of sp³-hybridized carbons (Fsp3) is 0.412. The van der Waals surface area contributed by atoms with Crippen LogP contribution < -0.4 is 0 Å². The molecule has 21 heavy (non-hydrogen) atoms. The van der Waals surface area contributed by atoms with Crippen LogP contribution in [0.1, 0.15) is 48.5 Å². The first-order chi connectivity index (χ1) is 10.0. The highest BCUT2D eigenvalue weighted by Gasteiger charge is 2.32. The number of hydrogen-bond acceptors (Lipinski definition) is 4. The molecule has 0 spiro atoms. The van der Waals surface area contributed by atoms with Gasteiger partial charge in [-0.05, 0) is 50.3 Å². The van der Waals surface area contributed by atoms with Gasteiger partial charge in [0, 0.05) is 0 Å². The SMILES string of the molecule is C=Cc1cccc(C(=O)OCC(=O)OC2(C)CCCC2)c1. The molecule has 0 heterocycles. The van der Waals surface area contributed by atoms with Crippen molar-refractivity contribution < 1.29 is 19.1 Å². The van der Waals surface area contributed by atoms with E-state index in [1.54, 1.807) is 24.3 Å². The molecule has 0 aliphatic heterocycles. The highest BCUT2D eigenvalue weighted by molar-refractivity contribution is 5.91. The van der Waals surface area contributed by atoms with Gasteiger partial charge in [0.25, 0.3) is 0 Å². The molecule has 1 aliphatic rings. The minimum Gasteiger partial charge on any atom is -0.457 e. The van der Waals surface area contributed by atoms with Crippen LogP contribution in [-0.4, -0.2) is 24.1 Å². The monoisotopic (exact) mass is 288 g/mol. The summed E-state index contributed by atoms with van der Waals surface area (Å²) in [5.41, 5.74) is 0.824. The van der Waals surface area contributed by atoms with Crippen molar-refractivity contribution in [1.29, 1.82) is 0 Å². The molecule has 0 radical (unpaired) electrons. The van der Waals surface area contributed by atoms with Gasteiger partial charge in [-0.3, -0.25) is 0 Å². The Labute approximate surface area is 124 Å². The second kappa shape index (κ2) is 6.57. The summed E-state index contributed by atoms with van der Waals surface area (Å²) in [5, 5.41) is 0. The third-order valence-corrected chi connectivity index (χ3v) is 3.70. The minimum absolute atomic E-state index is 0.354. The third kappa shape index (κ3) is 4.18. The molecule has 1 aromatic rings. The fourth-order valence-electron chi connectivity index (χ4n) is 2.53. The van der Waals surface area contributed by atoms with Gasteiger partial charge in [-0.2, -0.15) is 0 Å². The van der Waals surface area contributed by atoms with E-state index in [9.17, 15) is 9.59 Å². The van der Waals surface area contributed by atoms with Crippen molar-refractivity contribution in [2.75, 3.05) is 6.61 Å². The van der Waals surface area contributed by atoms with Gasteiger partial charge in [0.2, 0.25) is 0 Å². The van der Waals surface area contributed by atoms with Gasteiger partial charge >= 0.3 is 11.9 Å². The quantitative estimate of drug-likeness (QED) is 0.780. The molecular formula is C17H20O4. The molecule has 0 atom stereocenters. The lowest BCUT2D eigenvalue weighted by atomic mass is 10.1. The molecule has 1 aliphatic carbocycles. The van der Waals surface area contributed by atoms with Crippen LogP contribution in [-0.2, 0) is 14.3 Å². The van der Waals surface area contributed by atoms with Gasteiger partial charge in [0.05, 0.1) is 5.56 Å². The van der Waals surface area contributed by atoms with Crippen LogP contribution >= 0.6 is 0 Å². The van der Waals surface area contributed by atoms with E-state index in [1.165, 1.54) is 0 Å². The lowest BCUT2D eigenvalue weighted by Crippen LogP contribution is -2.30. The lowest BCUT2D eigenvalue weighted by molar-refractivity contribution is -0.161. The Morgan fingerprint density at radius 2 is 2.05 bits per heavy atom. The predicted octanol–water partition coefficient (Wildman–Crippen LogP) is 3.36. The highest BCUT2D eigenvalue weighted by Crippen LogP contribution is 2.32. The maximum Gasteiger partial charge on any atom is 0.344 e. The van der Waals surface area contributed by atoms with Gasteiger partial charge in [-0.1, -0.05) is 24.8 Å². The Kier molecular flexibility index (Phi) is 4.78. The number of hydrogen-bond donors (Lipinski definition) is 0. The molecule has 0 amide bonds. The highest BCUT2D eigenvalue weighted by atomic mass is 16.6. The molecule has 0 saturated heterocycles. The largest absolute Gasteiger partial charge is 0.457 e. The van der Waals surface area contributed by atoms with Gasteiger partial charge in [0.1, 0.15) is 5.60 Å². The van der Waals surface area contributed by atoms with E-state index >= 15 is 0 Å². The van der Waals surface area contributed by atoms with Gasteiger partial charge < -0.3 is 9.47 Å². The van der Waals surface area contributed by atoms with Crippen LogP contribution in [0.5, 0.6) is 0 Å². The standard InChI is InChI=1S/C17H20O4/c1-3-13-7-6-8-14(11-13)16(19)20-12-15(18)21-17(2)9-4-5-10-17/h3,6-8,11H,1,4-5,9-10,12H2,2H3. The number of ether oxygens (including phenoxy) is 2. The van der Waals surface area contributed by atoms with Gasteiger partial charge in [-0.25, -0.2) is 9.59 Å². The van der Waals surface area contributed by atoms with Gasteiger partial charge in [-0.15, -0.1) is 0 Å². The van der Waals surface area contributed by atoms with Crippen molar-refractivity contribution >= 4 is 18.0 Å². The normalized spacial score (nSPS) is 16.2. The third-order valence-electron chi connectivity index (χ3n) is 3.70. The van der Waals surface area contributed by atoms with Crippen molar-refractivity contribution in [2.45, 2.75) is 38.2 Å². The Balaban J connectivity index is 1.85. The summed E-state index contributed by atoms with van der Waals surface area (Å²) in [6, 6.07) is 6.88. The lowest BCUT2D eigenvalue weighted by Gasteiger charge is -2.23. The fourth-order valence-corrected chi connectivity index (χ4v) is 2.53. The van der Waals surface area contributed by atoms with E-state index < -0.39 is 17.5 Å². The van der Waals surface area contributed by atoms with Crippen molar-refractivity contribution in [1.82, 2.24) is 0 Å². The number of esters is 2. The number of carbonyl (C=O) groups is 2. The average molecular weight is 288 g/mol. The molecule has 112 valence electrons. The summed E-state index contributed by atoms with van der Waals surface area (Å²) >= 11 is 0. The zero-order valence-electron chi connectivity index (χ0n) is 12.3. The van der Waals surface area contributed by atoms with E-state index in [0.29, 0.717) is 5.56 Å². The topological polar surface area (TPSA) is 52.6 Å². The zero-order chi connectivity index (χ0) is 15.3. The second-order valence-corrected chi connectivity index (χ2v) is 5.54. The maximum atomic E-state index is 11.9. The number of benzene rings is 1. The van der Waals surface area contributed by atoms with Crippen LogP contribution in [0.3, 0.4) is 0 Å². The molecule has 1 aromatic carbocycles. The predicted molar refractivity (Wildman–Crippen MR) is 79.8 cm³/mol. The molecule has 0 aromatic heterocycles. The van der Waals surface area contributed by atoms with E-state index in [0.717, 1.165) is 31.2 Å². The summed E-state index contributed by atoms with van der Waals surface area (Å²) in [6.45, 7) is 5.21. The summed E-state index contributed by atoms with van der Waals surface area (Å²) < 4.78 is 10.4. The van der Waals surface area contributed by atoms with E-state index in [-0.39, 0.29) is 6.61 Å². The number of carbonyl (C=O) groups excluding carboxylic acids is 2. The summed E-state index contributed by atoms with van der Waals surface area (Å²) in [4.78, 5) is 23.6. The molecule has 4 heteroatoms. The van der Waals surface area contributed by atoms with Crippen LogP contribution in [0.2, 0.25) is 0 Å². The van der Waals surface area contributed by atoms with Crippen LogP contribution in [0.15, 0.2) is 30.8 Å². The molecule has 0 N–H and O–H groups in total. The molecule has 1 fully saturated rings. The molecular weight excluding hydrogens is 268 g/mol. The van der Waals surface area contributed by atoms with Crippen LogP contribution in [0.4, 0.5) is 0 Å². The first-order valence-corrected chi connectivity index (χ1v) is 7.14. The van der Waals surface area contributed by atoms with Crippen molar-refractivity contribution in [2.24, 2.45) is 0 Å². The Hall–Kier alpha value is -2.10. The van der Waals surface area contributed by atoms with Crippen molar-refractivity contribution in [3.63, 3.8) is 0 Å². The zero-order valence-corrected chi connectivity index (χ0v) is 12.3. The van der Waals surface area contributed by atoms with Crippen molar-refractivity contribution in [3.05, 3.63) is 42.0 Å². The summed E-state index contributed by atoms with van der Waals surface area (Å²) in [6.07, 6.45) is 5.52. The van der Waals surface area contributed by atoms with Gasteiger partial charge in [0.15, 0.2) is 6.61 Å². The average Bonchev–Trinajstić information content (AvgIpc) is 2.91. The van der Waals surface area contributed by atoms with E-state index in [4.69, 9.17) is 9.47 Å². The molecule has 0 unspecified atom stereocenters. The Morgan fingerprint density at radius 3 is 2.71 bits per heavy atom. The van der Waals surface area contributed by atoms with E-state index in [2.05, 4.69) is 6.58 Å². The van der Waals surface area contributed by atoms with Crippen LogP contribution in [0.25, 0.3) is 6.08 Å². The Bertz CT molecular complexity index is 541. The number of rotatable bonds is 5. The summed E-state index contributed by atoms with van der Waals surface area (Å²) in [7, 11) is 0. The first kappa shape index (κ1) is 15.3. The van der Waals surface area contributed by atoms with Crippen LogP contribution in [0, 0.1) is 0 Å². The van der Waals surface area contributed by atoms with E-state index in [1.807, 2.05) is 13.0 Å². The minimum atomic E-state index is -0.535. The van der Waals surface area contributed by atoms with Crippen molar-refractivity contribution in [3.8, 4) is 0 Å². The maximum absolute atomic E-state index is 11.9.